The molecular formula is C18H15ClF4N2O6S3. The van der Waals surface area contributed by atoms with Gasteiger partial charge in [-0.15, -0.1) is 0 Å². The largest absolute Gasteiger partial charge is 0.511 e. The topological polar surface area (TPSA) is 118 Å². The van der Waals surface area contributed by atoms with Crippen molar-refractivity contribution >= 4 is 41.5 Å². The van der Waals surface area contributed by atoms with Crippen molar-refractivity contribution < 1.29 is 42.8 Å². The zero-order valence-electron chi connectivity index (χ0n) is 16.7. The summed E-state index contributed by atoms with van der Waals surface area (Å²) in [7, 11) is -14.8. The number of sulfone groups is 1. The third-order valence-corrected chi connectivity index (χ3v) is 11.0. The number of piperidine rings is 1. The van der Waals surface area contributed by atoms with E-state index in [1.165, 1.54) is 16.9 Å². The zero-order chi connectivity index (χ0) is 25.3. The average molecular weight is 563 g/mol. The maximum Gasteiger partial charge on any atom is 0.511 e. The molecule has 1 aliphatic heterocycles. The van der Waals surface area contributed by atoms with Gasteiger partial charge in [0.15, 0.2) is 0 Å². The number of fused-ring (bicyclic) bond motifs is 1. The van der Waals surface area contributed by atoms with Crippen LogP contribution in [-0.2, 0) is 29.9 Å². The van der Waals surface area contributed by atoms with Gasteiger partial charge < -0.3 is 0 Å². The quantitative estimate of drug-likeness (QED) is 0.540. The summed E-state index contributed by atoms with van der Waals surface area (Å²) in [5, 5.41) is -0.125. The number of alkyl halides is 3. The van der Waals surface area contributed by atoms with Crippen LogP contribution in [0.25, 0.3) is 0 Å². The minimum absolute atomic E-state index is 0.125. The number of nitrogens with zero attached hydrogens (tertiary/aromatic N) is 1. The van der Waals surface area contributed by atoms with Crippen molar-refractivity contribution in [1.82, 2.24) is 9.03 Å². The van der Waals surface area contributed by atoms with E-state index in [4.69, 9.17) is 11.6 Å². The van der Waals surface area contributed by atoms with E-state index in [1.54, 1.807) is 0 Å². The Morgan fingerprint density at radius 3 is 2.03 bits per heavy atom. The Hall–Kier alpha value is -1.78. The van der Waals surface area contributed by atoms with Crippen LogP contribution in [-0.4, -0.2) is 54.2 Å². The summed E-state index contributed by atoms with van der Waals surface area (Å²) in [6, 6.07) is 6.21. The Balaban J connectivity index is 1.63. The minimum Gasteiger partial charge on any atom is -0.218 e. The van der Waals surface area contributed by atoms with E-state index < -0.39 is 73.8 Å². The molecule has 0 amide bonds. The third kappa shape index (κ3) is 4.22. The van der Waals surface area contributed by atoms with Crippen LogP contribution in [0.5, 0.6) is 0 Å². The molecule has 1 saturated carbocycles. The lowest BCUT2D eigenvalue weighted by Crippen LogP contribution is -2.42. The van der Waals surface area contributed by atoms with Crippen molar-refractivity contribution in [3.8, 4) is 0 Å². The van der Waals surface area contributed by atoms with Crippen LogP contribution in [0.2, 0.25) is 5.02 Å². The number of benzene rings is 2. The maximum atomic E-state index is 14.2. The maximum absolute atomic E-state index is 14.2. The van der Waals surface area contributed by atoms with Crippen molar-refractivity contribution in [2.24, 2.45) is 11.8 Å². The highest BCUT2D eigenvalue weighted by Crippen LogP contribution is 2.48. The molecule has 8 nitrogen and oxygen atoms in total. The van der Waals surface area contributed by atoms with E-state index in [9.17, 15) is 42.8 Å². The molecule has 2 aliphatic rings. The van der Waals surface area contributed by atoms with Crippen molar-refractivity contribution in [3.63, 3.8) is 0 Å². The first kappa shape index (κ1) is 25.3. The molecule has 1 aliphatic carbocycles. The van der Waals surface area contributed by atoms with E-state index in [2.05, 4.69) is 0 Å². The molecule has 2 aromatic rings. The molecule has 3 atom stereocenters. The van der Waals surface area contributed by atoms with Crippen LogP contribution < -0.4 is 4.72 Å². The Kier molecular flexibility index (Phi) is 6.05. The molecule has 16 heteroatoms. The highest BCUT2D eigenvalue weighted by molar-refractivity contribution is 7.93. The molecule has 1 unspecified atom stereocenters. The molecule has 34 heavy (non-hydrogen) atoms. The molecule has 0 spiro atoms. The van der Waals surface area contributed by atoms with Crippen molar-refractivity contribution in [3.05, 3.63) is 53.3 Å². The lowest BCUT2D eigenvalue weighted by atomic mass is 10.3. The fourth-order valence-electron chi connectivity index (χ4n) is 3.93. The molecule has 186 valence electrons. The van der Waals surface area contributed by atoms with Gasteiger partial charge in [-0.3, -0.25) is 0 Å². The molecule has 0 radical (unpaired) electrons. The summed E-state index contributed by atoms with van der Waals surface area (Å²) in [4.78, 5) is -2.21. The predicted molar refractivity (Wildman–Crippen MR) is 111 cm³/mol. The zero-order valence-corrected chi connectivity index (χ0v) is 19.9. The van der Waals surface area contributed by atoms with Gasteiger partial charge in [0.1, 0.15) is 15.6 Å². The Bertz CT molecular complexity index is 1470. The second-order valence-electron chi connectivity index (χ2n) is 7.77. The molecule has 0 bridgehead atoms. The number of halogens is 5. The lowest BCUT2D eigenvalue weighted by Gasteiger charge is -2.22. The van der Waals surface area contributed by atoms with E-state index >= 15 is 0 Å². The van der Waals surface area contributed by atoms with Crippen LogP contribution in [0, 0.1) is 17.7 Å². The highest BCUT2D eigenvalue weighted by atomic mass is 35.5. The van der Waals surface area contributed by atoms with Crippen LogP contribution in [0.1, 0.15) is 0 Å². The van der Waals surface area contributed by atoms with Crippen LogP contribution in [0.15, 0.2) is 57.2 Å². The summed E-state index contributed by atoms with van der Waals surface area (Å²) in [6.45, 7) is -0.667. The summed E-state index contributed by atoms with van der Waals surface area (Å²) in [5.41, 5.74) is -5.51. The monoisotopic (exact) mass is 562 g/mol. The third-order valence-electron chi connectivity index (χ3n) is 5.70. The first-order chi connectivity index (χ1) is 15.6. The molecule has 1 heterocycles. The first-order valence-corrected chi connectivity index (χ1v) is 14.2. The van der Waals surface area contributed by atoms with E-state index in [-0.39, 0.29) is 18.1 Å². The predicted octanol–water partition coefficient (Wildman–Crippen LogP) is 2.37. The lowest BCUT2D eigenvalue weighted by molar-refractivity contribution is -0.0449. The molecule has 4 rings (SSSR count). The van der Waals surface area contributed by atoms with E-state index in [1.807, 2.05) is 0 Å². The Labute approximate surface area is 197 Å². The van der Waals surface area contributed by atoms with Crippen molar-refractivity contribution in [1.29, 1.82) is 0 Å². The Morgan fingerprint density at radius 1 is 0.882 bits per heavy atom. The minimum atomic E-state index is -5.59. The van der Waals surface area contributed by atoms with Gasteiger partial charge >= 0.3 is 15.5 Å². The number of sulfonamides is 2. The van der Waals surface area contributed by atoms with Gasteiger partial charge in [0.25, 0.3) is 0 Å². The van der Waals surface area contributed by atoms with Gasteiger partial charge in [0.2, 0.25) is 19.9 Å². The Morgan fingerprint density at radius 2 is 1.47 bits per heavy atom. The number of nitrogens with one attached hydrogen (secondary N) is 1. The fourth-order valence-corrected chi connectivity index (χ4v) is 8.66. The molecule has 1 N–H and O–H groups in total. The van der Waals surface area contributed by atoms with Gasteiger partial charge in [0.05, 0.1) is 4.90 Å². The number of rotatable bonds is 6. The van der Waals surface area contributed by atoms with E-state index in [0.29, 0.717) is 0 Å². The molecule has 2 aromatic carbocycles. The van der Waals surface area contributed by atoms with Gasteiger partial charge in [-0.05, 0) is 42.2 Å². The highest BCUT2D eigenvalue weighted by Gasteiger charge is 2.62. The van der Waals surface area contributed by atoms with E-state index in [0.717, 1.165) is 34.6 Å². The molecule has 0 aromatic heterocycles. The average Bonchev–Trinajstić information content (AvgIpc) is 3.14. The van der Waals surface area contributed by atoms with Crippen LogP contribution in [0.3, 0.4) is 0 Å². The smallest absolute Gasteiger partial charge is 0.218 e. The van der Waals surface area contributed by atoms with Crippen LogP contribution in [0.4, 0.5) is 17.6 Å². The molecule has 1 saturated heterocycles. The van der Waals surface area contributed by atoms with Gasteiger partial charge in [0, 0.05) is 24.2 Å². The summed E-state index contributed by atoms with van der Waals surface area (Å²) >= 11 is 5.88. The molecule has 2 fully saturated rings. The first-order valence-electron chi connectivity index (χ1n) is 9.45. The summed E-state index contributed by atoms with van der Waals surface area (Å²) in [6.07, 6.45) is 0. The molecular weight excluding hydrogens is 548 g/mol. The second kappa shape index (κ2) is 8.13. The van der Waals surface area contributed by atoms with Crippen molar-refractivity contribution in [2.45, 2.75) is 26.2 Å². The van der Waals surface area contributed by atoms with Gasteiger partial charge in [-0.25, -0.2) is 34.4 Å². The fraction of sp³-hybridized carbons (Fsp3) is 0.333. The number of hydrogen-bond acceptors (Lipinski definition) is 6. The SMILES string of the molecule is O=S(=O)(c1ccccc1F)c1cc(Cl)ccc1S(=O)(=O)N1C[C@@H]2C(NS(=O)(=O)C(F)(F)F)[C@@H]2C1. The van der Waals surface area contributed by atoms with Crippen molar-refractivity contribution in [2.75, 3.05) is 13.1 Å². The summed E-state index contributed by atoms with van der Waals surface area (Å²) < 4.78 is 130. The normalized spacial score (nSPS) is 23.6. The number of hydrogen-bond donors (Lipinski definition) is 1. The summed E-state index contributed by atoms with van der Waals surface area (Å²) in [5.74, 6) is -2.54. The standard InChI is InChI=1S/C18H15ClF4N2O6S3/c19-10-5-6-15(16(7-10)32(26,27)14-4-2-1-3-13(14)20)33(28,29)25-8-11-12(9-25)17(11)24-34(30,31)18(21,22)23/h1-7,11-12,17,24H,8-9H2/t11-,12+,17?. The van der Waals surface area contributed by atoms with Crippen LogP contribution >= 0.6 is 11.6 Å². The van der Waals surface area contributed by atoms with Gasteiger partial charge in [-0.2, -0.15) is 17.5 Å². The second-order valence-corrected chi connectivity index (χ2v) is 13.7. The van der Waals surface area contributed by atoms with Gasteiger partial charge in [-0.1, -0.05) is 23.7 Å².